The third kappa shape index (κ3) is 1.89. The van der Waals surface area contributed by atoms with E-state index in [1.54, 1.807) is 6.20 Å². The lowest BCUT2D eigenvalue weighted by atomic mass is 9.93. The maximum atomic E-state index is 11.2. The normalized spacial score (nSPS) is 25.8. The molecule has 1 aliphatic rings. The fraction of sp³-hybridized carbons (Fsp3) is 0.636. The molecular weight excluding hydrogens is 206 g/mol. The first-order chi connectivity index (χ1) is 7.59. The van der Waals surface area contributed by atoms with E-state index in [0.29, 0.717) is 12.3 Å². The zero-order valence-corrected chi connectivity index (χ0v) is 9.63. The number of piperidine rings is 1. The minimum atomic E-state index is -0.755. The Balaban J connectivity index is 2.25. The van der Waals surface area contributed by atoms with E-state index < -0.39 is 12.0 Å². The van der Waals surface area contributed by atoms with Gasteiger partial charge in [0.1, 0.15) is 6.04 Å². The molecule has 1 aromatic heterocycles. The van der Waals surface area contributed by atoms with Gasteiger partial charge in [0, 0.05) is 26.0 Å². The highest BCUT2D eigenvalue weighted by Gasteiger charge is 2.33. The van der Waals surface area contributed by atoms with Crippen molar-refractivity contribution in [2.45, 2.75) is 25.8 Å². The second-order valence-electron chi connectivity index (χ2n) is 4.52. The van der Waals surface area contributed by atoms with Gasteiger partial charge >= 0.3 is 5.97 Å². The molecule has 2 atom stereocenters. The minimum absolute atomic E-state index is 0.440. The van der Waals surface area contributed by atoms with E-state index in [9.17, 15) is 9.90 Å². The lowest BCUT2D eigenvalue weighted by molar-refractivity contribution is -0.139. The Hall–Kier alpha value is -1.52. The van der Waals surface area contributed by atoms with Crippen LogP contribution in [0.25, 0.3) is 0 Å². The van der Waals surface area contributed by atoms with Gasteiger partial charge in [0.2, 0.25) is 5.95 Å². The molecule has 1 fully saturated rings. The van der Waals surface area contributed by atoms with Gasteiger partial charge in [0.05, 0.1) is 0 Å². The predicted octanol–water partition coefficient (Wildman–Crippen LogP) is 1.11. The molecule has 0 aromatic carbocycles. The van der Waals surface area contributed by atoms with Crippen LogP contribution >= 0.6 is 0 Å². The second kappa shape index (κ2) is 4.15. The second-order valence-corrected chi connectivity index (χ2v) is 4.52. The summed E-state index contributed by atoms with van der Waals surface area (Å²) in [6, 6.07) is -0.440. The van der Waals surface area contributed by atoms with E-state index in [1.165, 1.54) is 0 Å². The van der Waals surface area contributed by atoms with Crippen molar-refractivity contribution < 1.29 is 9.90 Å². The van der Waals surface area contributed by atoms with Crippen LogP contribution in [0.5, 0.6) is 0 Å². The topological polar surface area (TPSA) is 58.4 Å². The first-order valence-electron chi connectivity index (χ1n) is 5.56. The Morgan fingerprint density at radius 3 is 2.94 bits per heavy atom. The Morgan fingerprint density at radius 2 is 2.38 bits per heavy atom. The average Bonchev–Trinajstić information content (AvgIpc) is 2.64. The molecule has 2 rings (SSSR count). The molecule has 0 saturated carbocycles. The van der Waals surface area contributed by atoms with Crippen LogP contribution in [0.3, 0.4) is 0 Å². The van der Waals surface area contributed by atoms with Crippen molar-refractivity contribution in [3.05, 3.63) is 12.4 Å². The Kier molecular flexibility index (Phi) is 2.85. The summed E-state index contributed by atoms with van der Waals surface area (Å²) in [7, 11) is 1.89. The van der Waals surface area contributed by atoms with Crippen molar-refractivity contribution >= 4 is 11.9 Å². The zero-order chi connectivity index (χ0) is 11.7. The Morgan fingerprint density at radius 1 is 1.62 bits per heavy atom. The predicted molar refractivity (Wildman–Crippen MR) is 60.4 cm³/mol. The van der Waals surface area contributed by atoms with E-state index in [-0.39, 0.29) is 0 Å². The van der Waals surface area contributed by atoms with Crippen molar-refractivity contribution in [2.24, 2.45) is 13.0 Å². The lowest BCUT2D eigenvalue weighted by Gasteiger charge is -2.36. The van der Waals surface area contributed by atoms with Crippen molar-refractivity contribution in [3.63, 3.8) is 0 Å². The van der Waals surface area contributed by atoms with Gasteiger partial charge in [0.25, 0.3) is 0 Å². The van der Waals surface area contributed by atoms with E-state index in [0.717, 1.165) is 18.9 Å². The number of carbonyl (C=O) groups is 1. The fourth-order valence-corrected chi connectivity index (χ4v) is 2.25. The van der Waals surface area contributed by atoms with Gasteiger partial charge in [-0.3, -0.25) is 0 Å². The number of rotatable bonds is 2. The minimum Gasteiger partial charge on any atom is -0.480 e. The van der Waals surface area contributed by atoms with Gasteiger partial charge in [-0.25, -0.2) is 9.78 Å². The van der Waals surface area contributed by atoms with Crippen molar-refractivity contribution in [2.75, 3.05) is 11.4 Å². The highest BCUT2D eigenvalue weighted by molar-refractivity contribution is 5.77. The molecular formula is C11H17N3O2. The third-order valence-electron chi connectivity index (χ3n) is 3.20. The number of hydrogen-bond donors (Lipinski definition) is 1. The van der Waals surface area contributed by atoms with Crippen molar-refractivity contribution in [1.82, 2.24) is 9.55 Å². The van der Waals surface area contributed by atoms with Crippen LogP contribution in [0.1, 0.15) is 19.8 Å². The SMILES string of the molecule is CC1CCN(c2nccn2C)C(C(=O)O)C1. The van der Waals surface area contributed by atoms with Crippen LogP contribution in [0, 0.1) is 5.92 Å². The monoisotopic (exact) mass is 223 g/mol. The van der Waals surface area contributed by atoms with Crippen LogP contribution in [0.15, 0.2) is 12.4 Å². The molecule has 0 radical (unpaired) electrons. The number of imidazole rings is 1. The van der Waals surface area contributed by atoms with E-state index in [2.05, 4.69) is 11.9 Å². The van der Waals surface area contributed by atoms with Gasteiger partial charge < -0.3 is 14.6 Å². The maximum Gasteiger partial charge on any atom is 0.326 e. The summed E-state index contributed by atoms with van der Waals surface area (Å²) in [5.41, 5.74) is 0. The molecule has 1 N–H and O–H groups in total. The average molecular weight is 223 g/mol. The van der Waals surface area contributed by atoms with Gasteiger partial charge in [-0.1, -0.05) is 6.92 Å². The number of aliphatic carboxylic acids is 1. The van der Waals surface area contributed by atoms with E-state index in [4.69, 9.17) is 0 Å². The highest BCUT2D eigenvalue weighted by Crippen LogP contribution is 2.26. The van der Waals surface area contributed by atoms with Crippen LogP contribution in [-0.2, 0) is 11.8 Å². The molecule has 5 heteroatoms. The van der Waals surface area contributed by atoms with Gasteiger partial charge in [-0.2, -0.15) is 0 Å². The first-order valence-corrected chi connectivity index (χ1v) is 5.56. The van der Waals surface area contributed by atoms with E-state index >= 15 is 0 Å². The van der Waals surface area contributed by atoms with Crippen LogP contribution in [0.2, 0.25) is 0 Å². The molecule has 5 nitrogen and oxygen atoms in total. The largest absolute Gasteiger partial charge is 0.480 e. The molecule has 0 spiro atoms. The van der Waals surface area contributed by atoms with E-state index in [1.807, 2.05) is 22.7 Å². The molecule has 1 aliphatic heterocycles. The summed E-state index contributed by atoms with van der Waals surface area (Å²) in [6.07, 6.45) is 5.26. The fourth-order valence-electron chi connectivity index (χ4n) is 2.25. The summed E-state index contributed by atoms with van der Waals surface area (Å²) < 4.78 is 1.87. The van der Waals surface area contributed by atoms with Crippen LogP contribution < -0.4 is 4.90 Å². The third-order valence-corrected chi connectivity index (χ3v) is 3.20. The van der Waals surface area contributed by atoms with Crippen LogP contribution in [-0.4, -0.2) is 33.2 Å². The molecule has 16 heavy (non-hydrogen) atoms. The first kappa shape index (κ1) is 11.0. The standard InChI is InChI=1S/C11H17N3O2/c1-8-3-5-14(9(7-8)10(15)16)11-12-4-6-13(11)2/h4,6,8-9H,3,5,7H2,1-2H3,(H,15,16). The smallest absolute Gasteiger partial charge is 0.326 e. The molecule has 88 valence electrons. The molecule has 2 heterocycles. The number of nitrogens with zero attached hydrogens (tertiary/aromatic N) is 3. The molecule has 0 amide bonds. The maximum absolute atomic E-state index is 11.2. The van der Waals surface area contributed by atoms with Gasteiger partial charge in [0.15, 0.2) is 0 Å². The summed E-state index contributed by atoms with van der Waals surface area (Å²) in [4.78, 5) is 17.4. The number of anilines is 1. The zero-order valence-electron chi connectivity index (χ0n) is 9.63. The number of aryl methyl sites for hydroxylation is 1. The Bertz CT molecular complexity index is 388. The summed E-state index contributed by atoms with van der Waals surface area (Å²) in [6.45, 7) is 2.87. The summed E-state index contributed by atoms with van der Waals surface area (Å²) >= 11 is 0. The summed E-state index contributed by atoms with van der Waals surface area (Å²) in [5, 5.41) is 9.24. The van der Waals surface area contributed by atoms with Crippen LogP contribution in [0.4, 0.5) is 5.95 Å². The van der Waals surface area contributed by atoms with Gasteiger partial charge in [-0.05, 0) is 18.8 Å². The molecule has 1 aromatic rings. The van der Waals surface area contributed by atoms with Crippen molar-refractivity contribution in [1.29, 1.82) is 0 Å². The number of carboxylic acid groups (broad SMARTS) is 1. The highest BCUT2D eigenvalue weighted by atomic mass is 16.4. The molecule has 2 unspecified atom stereocenters. The number of aromatic nitrogens is 2. The number of hydrogen-bond acceptors (Lipinski definition) is 3. The molecule has 0 aliphatic carbocycles. The molecule has 0 bridgehead atoms. The van der Waals surface area contributed by atoms with Gasteiger partial charge in [-0.15, -0.1) is 0 Å². The number of carboxylic acids is 1. The van der Waals surface area contributed by atoms with Crippen molar-refractivity contribution in [3.8, 4) is 0 Å². The quantitative estimate of drug-likeness (QED) is 0.816. The molecule has 1 saturated heterocycles. The Labute approximate surface area is 94.7 Å². The lowest BCUT2D eigenvalue weighted by Crippen LogP contribution is -2.48. The summed E-state index contributed by atoms with van der Waals surface area (Å²) in [5.74, 6) is 0.464.